The molecule has 162 valence electrons. The molecule has 2 aromatic rings. The number of nitrogens with one attached hydrogen (secondary N) is 1. The van der Waals surface area contributed by atoms with Crippen LogP contribution in [-0.4, -0.2) is 41.7 Å². The van der Waals surface area contributed by atoms with E-state index >= 15 is 0 Å². The van der Waals surface area contributed by atoms with Crippen LogP contribution in [0.5, 0.6) is 0 Å². The number of halogens is 1. The van der Waals surface area contributed by atoms with E-state index in [1.807, 2.05) is 0 Å². The molecule has 30 heavy (non-hydrogen) atoms. The summed E-state index contributed by atoms with van der Waals surface area (Å²) in [5.41, 5.74) is 4.74. The van der Waals surface area contributed by atoms with Gasteiger partial charge in [0.2, 0.25) is 0 Å². The Kier molecular flexibility index (Phi) is 6.12. The van der Waals surface area contributed by atoms with E-state index in [1.54, 1.807) is 6.26 Å². The van der Waals surface area contributed by atoms with Gasteiger partial charge in [0.1, 0.15) is 0 Å². The maximum absolute atomic E-state index is 12.8. The van der Waals surface area contributed by atoms with Gasteiger partial charge in [-0.15, -0.1) is 0 Å². The Morgan fingerprint density at radius 2 is 2.20 bits per heavy atom. The zero-order valence-corrected chi connectivity index (χ0v) is 18.5. The molecule has 1 aromatic heterocycles. The van der Waals surface area contributed by atoms with E-state index in [1.165, 1.54) is 22.2 Å². The molecule has 0 bridgehead atoms. The zero-order chi connectivity index (χ0) is 20.0. The first-order valence-corrected chi connectivity index (χ1v) is 11.0. The van der Waals surface area contributed by atoms with Crippen molar-refractivity contribution < 1.29 is 28.1 Å². The van der Waals surface area contributed by atoms with Crippen LogP contribution in [0.25, 0.3) is 10.9 Å². The highest BCUT2D eigenvalue weighted by Gasteiger charge is 2.47. The van der Waals surface area contributed by atoms with Gasteiger partial charge in [-0.25, -0.2) is 4.79 Å². The minimum absolute atomic E-state index is 0. The molecule has 3 aliphatic rings. The van der Waals surface area contributed by atoms with Gasteiger partial charge in [-0.2, -0.15) is 0 Å². The van der Waals surface area contributed by atoms with Crippen molar-refractivity contribution in [1.29, 1.82) is 0 Å². The second-order valence-electron chi connectivity index (χ2n) is 8.73. The van der Waals surface area contributed by atoms with E-state index in [0.717, 1.165) is 44.3 Å². The van der Waals surface area contributed by atoms with E-state index in [-0.39, 0.29) is 31.8 Å². The molecule has 6 heteroatoms. The van der Waals surface area contributed by atoms with Gasteiger partial charge in [0.25, 0.3) is 0 Å². The maximum atomic E-state index is 12.8. The van der Waals surface area contributed by atoms with Crippen molar-refractivity contribution in [2.75, 3.05) is 19.7 Å². The average Bonchev–Trinajstić information content (AvgIpc) is 3.12. The number of hydrogen-bond acceptors (Lipinski definition) is 4. The Morgan fingerprint density at radius 1 is 1.37 bits per heavy atom. The molecule has 1 fully saturated rings. The van der Waals surface area contributed by atoms with E-state index in [0.29, 0.717) is 18.6 Å². The molecule has 5 rings (SSSR count). The molecule has 1 saturated heterocycles. The number of unbranched alkanes of at least 4 members (excludes halogenated alkanes) is 1. The van der Waals surface area contributed by atoms with Crippen LogP contribution in [0.4, 0.5) is 0 Å². The van der Waals surface area contributed by atoms with Crippen LogP contribution < -0.4 is 12.4 Å². The van der Waals surface area contributed by atoms with Crippen molar-refractivity contribution in [2.24, 2.45) is 11.8 Å². The second-order valence-corrected chi connectivity index (χ2v) is 8.73. The SMILES string of the molecule is CCCCOC(=O)C1=CO[C@@H](C)[C@H]2CN3CCc4c([nH]c5ccccc45)[C@H]3C[C@H]12.[Cl-].[H+]. The summed E-state index contributed by atoms with van der Waals surface area (Å²) in [6.07, 6.45) is 5.74. The predicted octanol–water partition coefficient (Wildman–Crippen LogP) is 1.47. The van der Waals surface area contributed by atoms with Crippen LogP contribution in [0.2, 0.25) is 0 Å². The monoisotopic (exact) mass is 430 g/mol. The predicted molar refractivity (Wildman–Crippen MR) is 114 cm³/mol. The number of nitrogens with zero attached hydrogens (tertiary/aromatic N) is 1. The van der Waals surface area contributed by atoms with Crippen LogP contribution in [0.1, 0.15) is 51.8 Å². The number of fused-ring (bicyclic) bond motifs is 6. The number of hydrogen-bond donors (Lipinski definition) is 1. The highest BCUT2D eigenvalue weighted by atomic mass is 35.5. The summed E-state index contributed by atoms with van der Waals surface area (Å²) in [7, 11) is 0. The summed E-state index contributed by atoms with van der Waals surface area (Å²) < 4.78 is 11.4. The Morgan fingerprint density at radius 3 is 3.03 bits per heavy atom. The van der Waals surface area contributed by atoms with Gasteiger partial charge in [-0.1, -0.05) is 31.5 Å². The molecule has 4 atom stereocenters. The number of carbonyl (C=O) groups excluding carboxylic acids is 1. The quantitative estimate of drug-likeness (QED) is 0.589. The Bertz CT molecular complexity index is 959. The van der Waals surface area contributed by atoms with Crippen molar-refractivity contribution in [3.05, 3.63) is 47.4 Å². The third-order valence-electron chi connectivity index (χ3n) is 7.09. The van der Waals surface area contributed by atoms with Gasteiger partial charge in [-0.05, 0) is 37.8 Å². The molecule has 5 nitrogen and oxygen atoms in total. The molecular formula is C24H31ClN2O3. The van der Waals surface area contributed by atoms with Crippen molar-refractivity contribution >= 4 is 16.9 Å². The molecule has 0 radical (unpaired) electrons. The Hall–Kier alpha value is -1.98. The van der Waals surface area contributed by atoms with Crippen LogP contribution in [0.3, 0.4) is 0 Å². The van der Waals surface area contributed by atoms with Gasteiger partial charge in [0.05, 0.1) is 30.6 Å². The molecular weight excluding hydrogens is 400 g/mol. The highest BCUT2D eigenvalue weighted by molar-refractivity contribution is 5.89. The molecule has 1 N–H and O–H groups in total. The molecule has 0 unspecified atom stereocenters. The van der Waals surface area contributed by atoms with E-state index in [4.69, 9.17) is 9.47 Å². The molecule has 0 saturated carbocycles. The van der Waals surface area contributed by atoms with Crippen LogP contribution in [0, 0.1) is 11.8 Å². The summed E-state index contributed by atoms with van der Waals surface area (Å²) >= 11 is 0. The van der Waals surface area contributed by atoms with Crippen LogP contribution >= 0.6 is 0 Å². The smallest absolute Gasteiger partial charge is 1.00 e. The number of esters is 1. The van der Waals surface area contributed by atoms with Gasteiger partial charge in [0.15, 0.2) is 0 Å². The number of H-pyrrole nitrogens is 1. The summed E-state index contributed by atoms with van der Waals surface area (Å²) in [6.45, 7) is 6.75. The number of aromatic amines is 1. The van der Waals surface area contributed by atoms with Crippen LogP contribution in [0.15, 0.2) is 36.1 Å². The third kappa shape index (κ3) is 3.52. The molecule has 1 aromatic carbocycles. The van der Waals surface area contributed by atoms with E-state index in [9.17, 15) is 4.79 Å². The zero-order valence-electron chi connectivity index (χ0n) is 18.7. The Balaban J connectivity index is 0.00000136. The largest absolute Gasteiger partial charge is 1.00 e. The fourth-order valence-electron chi connectivity index (χ4n) is 5.46. The molecule has 0 amide bonds. The van der Waals surface area contributed by atoms with Crippen molar-refractivity contribution in [2.45, 2.75) is 51.7 Å². The average molecular weight is 431 g/mol. The minimum Gasteiger partial charge on any atom is -1.00 e. The first-order chi connectivity index (χ1) is 14.2. The summed E-state index contributed by atoms with van der Waals surface area (Å²) in [6, 6.07) is 8.92. The van der Waals surface area contributed by atoms with Gasteiger partial charge in [-0.3, -0.25) is 4.90 Å². The Labute approximate surface area is 185 Å². The topological polar surface area (TPSA) is 54.6 Å². The second kappa shape index (κ2) is 8.64. The lowest BCUT2D eigenvalue weighted by atomic mass is 9.72. The lowest BCUT2D eigenvalue weighted by molar-refractivity contribution is -0.142. The summed E-state index contributed by atoms with van der Waals surface area (Å²) in [4.78, 5) is 19.1. The minimum atomic E-state index is -0.193. The van der Waals surface area contributed by atoms with Crippen molar-refractivity contribution in [1.82, 2.24) is 9.88 Å². The van der Waals surface area contributed by atoms with E-state index < -0.39 is 0 Å². The van der Waals surface area contributed by atoms with Gasteiger partial charge >= 0.3 is 7.40 Å². The number of piperidine rings is 1. The van der Waals surface area contributed by atoms with E-state index in [2.05, 4.69) is 48.0 Å². The lowest BCUT2D eigenvalue weighted by Gasteiger charge is -2.49. The van der Waals surface area contributed by atoms with Crippen LogP contribution in [-0.2, 0) is 20.7 Å². The van der Waals surface area contributed by atoms with Crippen molar-refractivity contribution in [3.63, 3.8) is 0 Å². The number of rotatable bonds is 4. The summed E-state index contributed by atoms with van der Waals surface area (Å²) in [5.74, 6) is 0.323. The van der Waals surface area contributed by atoms with Gasteiger partial charge < -0.3 is 26.9 Å². The molecule has 0 aliphatic carbocycles. The number of benzene rings is 1. The maximum Gasteiger partial charge on any atom is 1.00 e. The first-order valence-electron chi connectivity index (χ1n) is 11.0. The third-order valence-corrected chi connectivity index (χ3v) is 7.09. The number of carbonyl (C=O) groups is 1. The highest BCUT2D eigenvalue weighted by Crippen LogP contribution is 2.47. The molecule has 3 aliphatic heterocycles. The fourth-order valence-corrected chi connectivity index (χ4v) is 5.46. The molecule has 0 spiro atoms. The molecule has 4 heterocycles. The standard InChI is InChI=1S/C24H30N2O3.ClH/c1-3-4-11-28-24(27)20-14-29-15(2)19-13-26-10-9-17-16-7-5-6-8-21(16)25-23(17)22(26)12-18(19)20;/h5-8,14-15,18-19,22,25H,3-4,9-13H2,1-2H3;1H/t15-,18-,19+,22+;/m0./s1. The summed E-state index contributed by atoms with van der Waals surface area (Å²) in [5, 5.41) is 1.35. The fraction of sp³-hybridized carbons (Fsp3) is 0.542. The number of para-hydroxylation sites is 1. The number of aromatic nitrogens is 1. The normalized spacial score (nSPS) is 27.7. The first kappa shape index (κ1) is 21.3. The van der Waals surface area contributed by atoms with Crippen molar-refractivity contribution in [3.8, 4) is 0 Å². The van der Waals surface area contributed by atoms with Gasteiger partial charge in [0, 0.05) is 41.5 Å². The lowest BCUT2D eigenvalue weighted by Crippen LogP contribution is -3.00. The number of ether oxygens (including phenoxy) is 2.